The number of hydrogen-bond acceptors (Lipinski definition) is 4. The van der Waals surface area contributed by atoms with Crippen LogP contribution in [0.25, 0.3) is 0 Å². The predicted octanol–water partition coefficient (Wildman–Crippen LogP) is 4.24. The van der Waals surface area contributed by atoms with E-state index in [4.69, 9.17) is 0 Å². The van der Waals surface area contributed by atoms with Gasteiger partial charge in [-0.25, -0.2) is 12.8 Å². The van der Waals surface area contributed by atoms with Gasteiger partial charge in [-0.15, -0.1) is 0 Å². The Morgan fingerprint density at radius 1 is 1.06 bits per heavy atom. The summed E-state index contributed by atoms with van der Waals surface area (Å²) in [5.41, 5.74) is 0.755. The van der Waals surface area contributed by atoms with Gasteiger partial charge in [-0.1, -0.05) is 24.3 Å². The molecule has 0 aromatic heterocycles. The monoisotopic (exact) mass is 470 g/mol. The maximum atomic E-state index is 15.5. The third kappa shape index (κ3) is 4.20. The molecule has 2 aliphatic rings. The number of benzene rings is 2. The topological polar surface area (TPSA) is 75.3 Å². The molecule has 2 N–H and O–H groups in total. The van der Waals surface area contributed by atoms with E-state index in [1.807, 2.05) is 24.3 Å². The van der Waals surface area contributed by atoms with Gasteiger partial charge >= 0.3 is 6.18 Å². The van der Waals surface area contributed by atoms with Crippen LogP contribution in [0.2, 0.25) is 0 Å². The van der Waals surface area contributed by atoms with E-state index in [0.717, 1.165) is 29.4 Å². The van der Waals surface area contributed by atoms with Crippen molar-refractivity contribution in [1.82, 2.24) is 5.32 Å². The number of nitrogens with one attached hydrogen (secondary N) is 2. The number of rotatable bonds is 4. The molecule has 172 valence electrons. The Hall–Kier alpha value is -2.62. The lowest BCUT2D eigenvalue weighted by Gasteiger charge is -2.34. The van der Waals surface area contributed by atoms with Crippen molar-refractivity contribution in [2.24, 2.45) is 0 Å². The third-order valence-corrected chi connectivity index (χ3v) is 8.37. The smallest absolute Gasteiger partial charge is 0.373 e. The number of anilines is 1. The Bertz CT molecular complexity index is 1100. The van der Waals surface area contributed by atoms with Crippen molar-refractivity contribution in [3.05, 3.63) is 59.7 Å². The highest BCUT2D eigenvalue weighted by atomic mass is 32.2. The maximum Gasteiger partial charge on any atom is 0.416 e. The molecule has 2 aromatic rings. The van der Waals surface area contributed by atoms with Gasteiger partial charge in [0.05, 0.1) is 10.5 Å². The van der Waals surface area contributed by atoms with E-state index in [0.29, 0.717) is 12.5 Å². The van der Waals surface area contributed by atoms with Gasteiger partial charge in [0, 0.05) is 18.2 Å². The van der Waals surface area contributed by atoms with Gasteiger partial charge in [0.1, 0.15) is 6.04 Å². The third-order valence-electron chi connectivity index (χ3n) is 6.12. The van der Waals surface area contributed by atoms with Crippen LogP contribution in [0.4, 0.5) is 23.2 Å². The van der Waals surface area contributed by atoms with Gasteiger partial charge in [-0.2, -0.15) is 13.2 Å². The summed E-state index contributed by atoms with van der Waals surface area (Å²) < 4.78 is 79.9. The fraction of sp³-hybridized carbons (Fsp3) is 0.409. The molecule has 5 nitrogen and oxygen atoms in total. The van der Waals surface area contributed by atoms with Crippen molar-refractivity contribution in [3.8, 4) is 0 Å². The average Bonchev–Trinajstić information content (AvgIpc) is 3.19. The Kier molecular flexibility index (Phi) is 5.68. The minimum atomic E-state index is -4.73. The molecule has 0 bridgehead atoms. The van der Waals surface area contributed by atoms with Crippen molar-refractivity contribution in [2.75, 3.05) is 5.32 Å². The van der Waals surface area contributed by atoms with E-state index in [9.17, 15) is 26.4 Å². The van der Waals surface area contributed by atoms with E-state index >= 15 is 4.39 Å². The van der Waals surface area contributed by atoms with Gasteiger partial charge in [0.25, 0.3) is 0 Å². The second kappa shape index (κ2) is 8.06. The van der Waals surface area contributed by atoms with Crippen molar-refractivity contribution < 1.29 is 30.8 Å². The fourth-order valence-corrected chi connectivity index (χ4v) is 6.01. The summed E-state index contributed by atoms with van der Waals surface area (Å²) in [6.07, 6.45) is -4.89. The molecule has 2 aromatic carbocycles. The van der Waals surface area contributed by atoms with Crippen molar-refractivity contribution in [1.29, 1.82) is 0 Å². The number of amides is 1. The van der Waals surface area contributed by atoms with E-state index in [1.54, 1.807) is 0 Å². The lowest BCUT2D eigenvalue weighted by molar-refractivity contribution is -0.137. The van der Waals surface area contributed by atoms with Crippen LogP contribution in [0.3, 0.4) is 0 Å². The number of sulfone groups is 1. The molecular weight excluding hydrogens is 448 g/mol. The first-order valence-corrected chi connectivity index (χ1v) is 11.7. The van der Waals surface area contributed by atoms with E-state index < -0.39 is 56.4 Å². The molecule has 1 unspecified atom stereocenters. The largest absolute Gasteiger partial charge is 0.416 e. The zero-order valence-electron chi connectivity index (χ0n) is 17.0. The van der Waals surface area contributed by atoms with Crippen LogP contribution < -0.4 is 10.6 Å². The summed E-state index contributed by atoms with van der Waals surface area (Å²) in [5, 5.41) is 3.29. The first-order chi connectivity index (χ1) is 15.0. The number of carbonyl (C=O) groups excluding carboxylic acids is 1. The normalized spacial score (nSPS) is 25.6. The Labute approximate surface area is 183 Å². The lowest BCUT2D eigenvalue weighted by atomic mass is 9.93. The minimum absolute atomic E-state index is 0.0695. The molecule has 0 saturated heterocycles. The molecule has 1 atom stereocenters. The van der Waals surface area contributed by atoms with Crippen LogP contribution in [-0.4, -0.2) is 31.4 Å². The number of para-hydroxylation sites is 1. The van der Waals surface area contributed by atoms with Crippen LogP contribution >= 0.6 is 0 Å². The summed E-state index contributed by atoms with van der Waals surface area (Å²) >= 11 is 0. The van der Waals surface area contributed by atoms with Crippen LogP contribution in [-0.2, 0) is 27.2 Å². The molecule has 32 heavy (non-hydrogen) atoms. The van der Waals surface area contributed by atoms with Crippen molar-refractivity contribution in [2.45, 2.75) is 60.3 Å². The molecule has 1 amide bonds. The summed E-state index contributed by atoms with van der Waals surface area (Å²) in [7, 11) is -4.64. The second-order valence-corrected chi connectivity index (χ2v) is 10.5. The molecule has 1 aliphatic carbocycles. The summed E-state index contributed by atoms with van der Waals surface area (Å²) in [6, 6.07) is 9.81. The molecule has 0 spiro atoms. The molecule has 1 saturated carbocycles. The van der Waals surface area contributed by atoms with Gasteiger partial charge in [-0.3, -0.25) is 4.79 Å². The second-order valence-electron chi connectivity index (χ2n) is 8.25. The molecule has 10 heteroatoms. The highest BCUT2D eigenvalue weighted by Crippen LogP contribution is 2.41. The number of halogens is 4. The van der Waals surface area contributed by atoms with Gasteiger partial charge in [0.2, 0.25) is 20.7 Å². The Morgan fingerprint density at radius 3 is 2.41 bits per heavy atom. The predicted molar refractivity (Wildman–Crippen MR) is 110 cm³/mol. The molecule has 1 heterocycles. The zero-order valence-corrected chi connectivity index (χ0v) is 17.8. The van der Waals surface area contributed by atoms with Crippen molar-refractivity contribution >= 4 is 21.4 Å². The molecule has 0 radical (unpaired) electrons. The first-order valence-electron chi connectivity index (χ1n) is 10.3. The van der Waals surface area contributed by atoms with Gasteiger partial charge < -0.3 is 10.6 Å². The van der Waals surface area contributed by atoms with Crippen LogP contribution in [0.5, 0.6) is 0 Å². The Balaban J connectivity index is 1.40. The average molecular weight is 470 g/mol. The first kappa shape index (κ1) is 22.6. The quantitative estimate of drug-likeness (QED) is 0.656. The van der Waals surface area contributed by atoms with Gasteiger partial charge in [0.15, 0.2) is 0 Å². The van der Waals surface area contributed by atoms with Crippen LogP contribution in [0.15, 0.2) is 53.4 Å². The van der Waals surface area contributed by atoms with E-state index in [2.05, 4.69) is 10.6 Å². The highest BCUT2D eigenvalue weighted by Gasteiger charge is 2.48. The maximum absolute atomic E-state index is 15.5. The number of carbonyl (C=O) groups is 1. The summed E-state index contributed by atoms with van der Waals surface area (Å²) in [4.78, 5) is 11.9. The SMILES string of the molecule is O=C(N[C@H]1CC[C@@](F)(S(=O)(=O)c2cccc(C(F)(F)F)c2)CC1)C1Cc2ccccc2N1. The molecule has 4 rings (SSSR count). The highest BCUT2D eigenvalue weighted by molar-refractivity contribution is 7.92. The fourth-order valence-electron chi connectivity index (χ4n) is 4.27. The summed E-state index contributed by atoms with van der Waals surface area (Å²) in [5.74, 6) is -0.252. The standard InChI is InChI=1S/C22H22F4N2O3S/c23-21(32(30,31)17-6-3-5-15(13-17)22(24,25)26)10-8-16(9-11-21)27-20(29)19-12-14-4-1-2-7-18(14)28-19/h1-7,13,16,19,28H,8-12H2,(H,27,29)/t16-,19?,21+. The number of fused-ring (bicyclic) bond motifs is 1. The molecular formula is C22H22F4N2O3S. The molecule has 1 fully saturated rings. The zero-order chi connectivity index (χ0) is 23.1. The summed E-state index contributed by atoms with van der Waals surface area (Å²) in [6.45, 7) is 0. The van der Waals surface area contributed by atoms with E-state index in [1.165, 1.54) is 0 Å². The van der Waals surface area contributed by atoms with Crippen molar-refractivity contribution in [3.63, 3.8) is 0 Å². The van der Waals surface area contributed by atoms with Gasteiger partial charge in [-0.05, 0) is 55.5 Å². The van der Waals surface area contributed by atoms with Crippen LogP contribution in [0.1, 0.15) is 36.8 Å². The van der Waals surface area contributed by atoms with E-state index in [-0.39, 0.29) is 18.7 Å². The van der Waals surface area contributed by atoms with Crippen LogP contribution in [0, 0.1) is 0 Å². The lowest BCUT2D eigenvalue weighted by Crippen LogP contribution is -2.48. The Morgan fingerprint density at radius 2 is 1.75 bits per heavy atom. The number of hydrogen-bond donors (Lipinski definition) is 2. The molecule has 1 aliphatic heterocycles. The number of alkyl halides is 4. The minimum Gasteiger partial charge on any atom is -0.373 e.